The Labute approximate surface area is 185 Å². The summed E-state index contributed by atoms with van der Waals surface area (Å²) in [6.07, 6.45) is 1.89. The van der Waals surface area contributed by atoms with E-state index in [-0.39, 0.29) is 5.78 Å². The number of ketones is 1. The third kappa shape index (κ3) is 3.27. The maximum atomic E-state index is 13.0. The average molecular weight is 495 g/mol. The highest BCUT2D eigenvalue weighted by Crippen LogP contribution is 2.48. The van der Waals surface area contributed by atoms with Gasteiger partial charge < -0.3 is 5.73 Å². The second kappa shape index (κ2) is 7.57. The molecule has 0 fully saturated rings. The molecule has 2 heterocycles. The Bertz CT molecular complexity index is 1080. The molecule has 1 aliphatic carbocycles. The van der Waals surface area contributed by atoms with Crippen LogP contribution in [0.4, 0.5) is 5.69 Å². The number of nitrogens with zero attached hydrogens (tertiary/aromatic N) is 2. The van der Waals surface area contributed by atoms with Crippen LogP contribution in [0.3, 0.4) is 0 Å². The van der Waals surface area contributed by atoms with E-state index in [1.165, 1.54) is 11.3 Å². The van der Waals surface area contributed by atoms with Crippen LogP contribution in [0.5, 0.6) is 0 Å². The standard InChI is InChI=1S/C20H14BrCl2N3OS/c21-10-4-17(28-9-10)18-14(8-24)20(25)26(13-6-11(22)5-12(23)7-13)15-2-1-3-16(27)19(15)18/h4-7,9,18H,1-3,25H2. The van der Waals surface area contributed by atoms with Crippen molar-refractivity contribution < 1.29 is 4.79 Å². The normalized spacial score (nSPS) is 19.7. The molecule has 1 aromatic carbocycles. The Balaban J connectivity index is 1.98. The van der Waals surface area contributed by atoms with Crippen molar-refractivity contribution in [1.82, 2.24) is 0 Å². The zero-order valence-corrected chi connectivity index (χ0v) is 18.4. The topological polar surface area (TPSA) is 70.1 Å². The van der Waals surface area contributed by atoms with E-state index in [1.807, 2.05) is 11.4 Å². The SMILES string of the molecule is N#CC1=C(N)N(c2cc(Cl)cc(Cl)c2)C2=C(C(=O)CCC2)C1c1cc(Br)cs1. The molecule has 0 radical (unpaired) electrons. The van der Waals surface area contributed by atoms with Crippen LogP contribution in [0.25, 0.3) is 0 Å². The summed E-state index contributed by atoms with van der Waals surface area (Å²) in [6.45, 7) is 0. The molecule has 142 valence electrons. The molecule has 2 aromatic rings. The van der Waals surface area contributed by atoms with Gasteiger partial charge in [0.1, 0.15) is 5.82 Å². The summed E-state index contributed by atoms with van der Waals surface area (Å²) in [4.78, 5) is 15.7. The number of hydrogen-bond donors (Lipinski definition) is 1. The van der Waals surface area contributed by atoms with Crippen LogP contribution in [-0.4, -0.2) is 5.78 Å². The number of nitriles is 1. The molecule has 1 unspecified atom stereocenters. The lowest BCUT2D eigenvalue weighted by Gasteiger charge is -2.39. The number of carbonyl (C=O) groups is 1. The number of hydrogen-bond acceptors (Lipinski definition) is 5. The molecular formula is C20H14BrCl2N3OS. The number of Topliss-reactive ketones (excluding diaryl/α,β-unsaturated/α-hetero) is 1. The third-order valence-electron chi connectivity index (χ3n) is 4.89. The molecule has 8 heteroatoms. The van der Waals surface area contributed by atoms with Gasteiger partial charge in [0.2, 0.25) is 0 Å². The van der Waals surface area contributed by atoms with Crippen LogP contribution in [0.1, 0.15) is 30.1 Å². The average Bonchev–Trinajstić information content (AvgIpc) is 3.06. The van der Waals surface area contributed by atoms with Crippen molar-refractivity contribution >= 4 is 61.9 Å². The van der Waals surface area contributed by atoms with E-state index < -0.39 is 5.92 Å². The van der Waals surface area contributed by atoms with Gasteiger partial charge in [0, 0.05) is 42.5 Å². The highest BCUT2D eigenvalue weighted by molar-refractivity contribution is 9.10. The van der Waals surface area contributed by atoms with E-state index in [0.717, 1.165) is 21.5 Å². The molecule has 2 aliphatic rings. The molecule has 0 saturated heterocycles. The van der Waals surface area contributed by atoms with Gasteiger partial charge in [0.15, 0.2) is 5.78 Å². The van der Waals surface area contributed by atoms with E-state index in [4.69, 9.17) is 28.9 Å². The summed E-state index contributed by atoms with van der Waals surface area (Å²) in [6, 6.07) is 9.30. The molecule has 4 nitrogen and oxygen atoms in total. The number of halogens is 3. The molecule has 1 aromatic heterocycles. The second-order valence-corrected chi connectivity index (χ2v) is 9.34. The van der Waals surface area contributed by atoms with Crippen molar-refractivity contribution in [2.75, 3.05) is 4.90 Å². The minimum Gasteiger partial charge on any atom is -0.384 e. The monoisotopic (exact) mass is 493 g/mol. The molecule has 0 saturated carbocycles. The first-order valence-corrected chi connectivity index (χ1v) is 11.0. The second-order valence-electron chi connectivity index (χ2n) is 6.61. The lowest BCUT2D eigenvalue weighted by molar-refractivity contribution is -0.116. The third-order valence-corrected chi connectivity index (χ3v) is 7.09. The summed E-state index contributed by atoms with van der Waals surface area (Å²) in [5.41, 5.74) is 8.97. The first kappa shape index (κ1) is 19.5. The van der Waals surface area contributed by atoms with E-state index in [0.29, 0.717) is 45.5 Å². The molecule has 2 N–H and O–H groups in total. The largest absolute Gasteiger partial charge is 0.384 e. The fourth-order valence-corrected chi connectivity index (χ4v) is 5.89. The van der Waals surface area contributed by atoms with Crippen molar-refractivity contribution in [2.45, 2.75) is 25.2 Å². The predicted octanol–water partition coefficient (Wildman–Crippen LogP) is 6.12. The summed E-state index contributed by atoms with van der Waals surface area (Å²) in [5, 5.41) is 12.8. The number of allylic oxidation sites excluding steroid dienone is 3. The fourth-order valence-electron chi connectivity index (χ4n) is 3.81. The number of benzene rings is 1. The molecule has 28 heavy (non-hydrogen) atoms. The van der Waals surface area contributed by atoms with E-state index in [9.17, 15) is 10.1 Å². The summed E-state index contributed by atoms with van der Waals surface area (Å²) >= 11 is 17.4. The van der Waals surface area contributed by atoms with Crippen LogP contribution >= 0.6 is 50.5 Å². The molecular weight excluding hydrogens is 481 g/mol. The van der Waals surface area contributed by atoms with Gasteiger partial charge in [-0.25, -0.2) is 0 Å². The van der Waals surface area contributed by atoms with Crippen molar-refractivity contribution in [3.05, 3.63) is 71.7 Å². The lowest BCUT2D eigenvalue weighted by Crippen LogP contribution is -2.38. The number of rotatable bonds is 2. The zero-order chi connectivity index (χ0) is 20.0. The Morgan fingerprint density at radius 3 is 2.54 bits per heavy atom. The van der Waals surface area contributed by atoms with Crippen LogP contribution < -0.4 is 10.6 Å². The number of carbonyl (C=O) groups excluding carboxylic acids is 1. The van der Waals surface area contributed by atoms with Gasteiger partial charge >= 0.3 is 0 Å². The van der Waals surface area contributed by atoms with E-state index >= 15 is 0 Å². The van der Waals surface area contributed by atoms with Gasteiger partial charge in [-0.05, 0) is 53.0 Å². The maximum absolute atomic E-state index is 13.0. The van der Waals surface area contributed by atoms with E-state index in [2.05, 4.69) is 22.0 Å². The minimum absolute atomic E-state index is 0.0501. The zero-order valence-electron chi connectivity index (χ0n) is 14.5. The van der Waals surface area contributed by atoms with Crippen molar-refractivity contribution in [1.29, 1.82) is 5.26 Å². The first-order valence-electron chi connectivity index (χ1n) is 8.57. The maximum Gasteiger partial charge on any atom is 0.161 e. The van der Waals surface area contributed by atoms with E-state index in [1.54, 1.807) is 23.1 Å². The molecule has 0 spiro atoms. The minimum atomic E-state index is -0.449. The van der Waals surface area contributed by atoms with Gasteiger partial charge in [-0.2, -0.15) is 5.26 Å². The van der Waals surface area contributed by atoms with Crippen molar-refractivity contribution in [3.8, 4) is 6.07 Å². The Morgan fingerprint density at radius 2 is 1.93 bits per heavy atom. The van der Waals surface area contributed by atoms with Gasteiger partial charge in [-0.1, -0.05) is 23.2 Å². The van der Waals surface area contributed by atoms with Crippen LogP contribution in [-0.2, 0) is 4.79 Å². The molecule has 0 amide bonds. The number of anilines is 1. The Morgan fingerprint density at radius 1 is 1.21 bits per heavy atom. The van der Waals surface area contributed by atoms with Gasteiger partial charge in [-0.3, -0.25) is 9.69 Å². The smallest absolute Gasteiger partial charge is 0.161 e. The number of nitrogens with two attached hydrogens (primary N) is 1. The van der Waals surface area contributed by atoms with Crippen LogP contribution in [0, 0.1) is 11.3 Å². The Hall–Kier alpha value is -1.78. The van der Waals surface area contributed by atoms with Crippen molar-refractivity contribution in [3.63, 3.8) is 0 Å². The molecule has 1 aliphatic heterocycles. The predicted molar refractivity (Wildman–Crippen MR) is 116 cm³/mol. The Kier molecular flexibility index (Phi) is 5.28. The van der Waals surface area contributed by atoms with Crippen molar-refractivity contribution in [2.24, 2.45) is 5.73 Å². The van der Waals surface area contributed by atoms with Gasteiger partial charge in [0.05, 0.1) is 23.2 Å². The number of thiophene rings is 1. The highest BCUT2D eigenvalue weighted by atomic mass is 79.9. The van der Waals surface area contributed by atoms with Crippen LogP contribution in [0.2, 0.25) is 10.0 Å². The van der Waals surface area contributed by atoms with Gasteiger partial charge in [-0.15, -0.1) is 11.3 Å². The summed E-state index contributed by atoms with van der Waals surface area (Å²) < 4.78 is 0.915. The summed E-state index contributed by atoms with van der Waals surface area (Å²) in [5.74, 6) is -0.0899. The quantitative estimate of drug-likeness (QED) is 0.545. The van der Waals surface area contributed by atoms with Crippen LogP contribution in [0.15, 0.2) is 56.8 Å². The lowest BCUT2D eigenvalue weighted by atomic mass is 9.78. The first-order chi connectivity index (χ1) is 13.4. The molecule has 4 rings (SSSR count). The fraction of sp³-hybridized carbons (Fsp3) is 0.200. The van der Waals surface area contributed by atoms with Gasteiger partial charge in [0.25, 0.3) is 0 Å². The summed E-state index contributed by atoms with van der Waals surface area (Å²) in [7, 11) is 0. The molecule has 0 bridgehead atoms. The molecule has 1 atom stereocenters. The highest BCUT2D eigenvalue weighted by Gasteiger charge is 2.40.